The van der Waals surface area contributed by atoms with Crippen LogP contribution < -0.4 is 9.62 Å². The largest absolute Gasteiger partial charge is 0.354 e. The highest BCUT2D eigenvalue weighted by molar-refractivity contribution is 7.90. The van der Waals surface area contributed by atoms with Crippen LogP contribution in [0.2, 0.25) is 0 Å². The lowest BCUT2D eigenvalue weighted by Gasteiger charge is -2.34. The van der Waals surface area contributed by atoms with E-state index in [1.165, 1.54) is 31.1 Å². The SMILES string of the molecule is CCCNC(=O)[C@@H](Cc1ccccc1)N(Cc1cccc(C)c1)C(=O)CN(c1ccc(F)cc1)S(=O)(=O)N(C)C. The highest BCUT2D eigenvalue weighted by atomic mass is 32.2. The maximum absolute atomic E-state index is 14.1. The van der Waals surface area contributed by atoms with Crippen LogP contribution in [-0.2, 0) is 32.8 Å². The number of hydrogen-bond acceptors (Lipinski definition) is 4. The predicted molar refractivity (Wildman–Crippen MR) is 155 cm³/mol. The van der Waals surface area contributed by atoms with Gasteiger partial charge in [-0.05, 0) is 48.7 Å². The second-order valence-corrected chi connectivity index (χ2v) is 11.8. The molecule has 0 saturated heterocycles. The van der Waals surface area contributed by atoms with Gasteiger partial charge in [-0.1, -0.05) is 67.1 Å². The molecular formula is C30H37FN4O4S. The summed E-state index contributed by atoms with van der Waals surface area (Å²) in [4.78, 5) is 29.1. The van der Waals surface area contributed by atoms with E-state index in [9.17, 15) is 22.4 Å². The van der Waals surface area contributed by atoms with Crippen molar-refractivity contribution in [2.45, 2.75) is 39.3 Å². The highest BCUT2D eigenvalue weighted by Crippen LogP contribution is 2.22. The third-order valence-electron chi connectivity index (χ3n) is 6.39. The minimum atomic E-state index is -4.14. The number of anilines is 1. The number of nitrogens with one attached hydrogen (secondary N) is 1. The van der Waals surface area contributed by atoms with Crippen molar-refractivity contribution < 1.29 is 22.4 Å². The van der Waals surface area contributed by atoms with E-state index in [1.807, 2.05) is 68.4 Å². The maximum atomic E-state index is 14.1. The second kappa shape index (κ2) is 14.0. The quantitative estimate of drug-likeness (QED) is 0.339. The Morgan fingerprint density at radius 3 is 2.17 bits per heavy atom. The molecule has 0 aromatic heterocycles. The molecule has 3 rings (SSSR count). The molecule has 0 fully saturated rings. The van der Waals surface area contributed by atoms with Crippen molar-refractivity contribution in [1.29, 1.82) is 0 Å². The number of rotatable bonds is 13. The molecule has 0 unspecified atom stereocenters. The standard InChI is InChI=1S/C30H37FN4O4S/c1-5-18-32-30(37)28(20-24-11-7-6-8-12-24)34(21-25-13-9-10-23(2)19-25)29(36)22-35(40(38,39)33(3)4)27-16-14-26(31)15-17-27/h6-17,19,28H,5,18,20-22H2,1-4H3,(H,32,37)/t28-/m1/s1. The molecule has 0 aliphatic carbocycles. The number of halogens is 1. The van der Waals surface area contributed by atoms with E-state index in [0.717, 1.165) is 43.9 Å². The minimum Gasteiger partial charge on any atom is -0.354 e. The molecule has 2 amide bonds. The van der Waals surface area contributed by atoms with Gasteiger partial charge in [-0.25, -0.2) is 8.70 Å². The molecule has 3 aromatic rings. The molecule has 0 spiro atoms. The lowest BCUT2D eigenvalue weighted by atomic mass is 10.0. The number of aryl methyl sites for hydroxylation is 1. The number of nitrogens with zero attached hydrogens (tertiary/aromatic N) is 3. The van der Waals surface area contributed by atoms with E-state index in [4.69, 9.17) is 0 Å². The highest BCUT2D eigenvalue weighted by Gasteiger charge is 2.34. The topological polar surface area (TPSA) is 90.0 Å². The molecular weight excluding hydrogens is 531 g/mol. The zero-order valence-corrected chi connectivity index (χ0v) is 24.2. The van der Waals surface area contributed by atoms with Gasteiger partial charge in [-0.15, -0.1) is 0 Å². The molecule has 0 bridgehead atoms. The Morgan fingerprint density at radius 1 is 0.925 bits per heavy atom. The zero-order chi connectivity index (χ0) is 29.3. The van der Waals surface area contributed by atoms with E-state index < -0.39 is 34.5 Å². The van der Waals surface area contributed by atoms with E-state index in [0.29, 0.717) is 6.54 Å². The molecule has 0 heterocycles. The Labute approximate surface area is 236 Å². The van der Waals surface area contributed by atoms with Gasteiger partial charge in [-0.3, -0.25) is 9.59 Å². The van der Waals surface area contributed by atoms with E-state index >= 15 is 0 Å². The van der Waals surface area contributed by atoms with Gasteiger partial charge < -0.3 is 10.2 Å². The summed E-state index contributed by atoms with van der Waals surface area (Å²) in [6.45, 7) is 3.83. The average molecular weight is 569 g/mol. The maximum Gasteiger partial charge on any atom is 0.304 e. The van der Waals surface area contributed by atoms with Gasteiger partial charge in [0.15, 0.2) is 0 Å². The van der Waals surface area contributed by atoms with Gasteiger partial charge >= 0.3 is 10.2 Å². The van der Waals surface area contributed by atoms with Crippen molar-refractivity contribution in [3.63, 3.8) is 0 Å². The molecule has 0 saturated carbocycles. The summed E-state index contributed by atoms with van der Waals surface area (Å²) in [6, 6.07) is 21.0. The number of carbonyl (C=O) groups excluding carboxylic acids is 2. The summed E-state index contributed by atoms with van der Waals surface area (Å²) in [7, 11) is -1.42. The molecule has 0 aliphatic heterocycles. The van der Waals surface area contributed by atoms with Crippen LogP contribution in [0.1, 0.15) is 30.0 Å². The summed E-state index contributed by atoms with van der Waals surface area (Å²) in [5, 5.41) is 2.91. The summed E-state index contributed by atoms with van der Waals surface area (Å²) in [6.07, 6.45) is 0.958. The third-order valence-corrected chi connectivity index (χ3v) is 8.21. The first kappa shape index (κ1) is 30.8. The Kier molecular flexibility index (Phi) is 10.8. The lowest BCUT2D eigenvalue weighted by Crippen LogP contribution is -2.54. The Hall–Kier alpha value is -3.76. The fraction of sp³-hybridized carbons (Fsp3) is 0.333. The lowest BCUT2D eigenvalue weighted by molar-refractivity contribution is -0.140. The summed E-state index contributed by atoms with van der Waals surface area (Å²) < 4.78 is 42.2. The van der Waals surface area contributed by atoms with Crippen LogP contribution in [0.25, 0.3) is 0 Å². The molecule has 10 heteroatoms. The van der Waals surface area contributed by atoms with Crippen LogP contribution in [0, 0.1) is 12.7 Å². The first-order valence-corrected chi connectivity index (χ1v) is 14.5. The fourth-order valence-corrected chi connectivity index (χ4v) is 5.31. The molecule has 1 N–H and O–H groups in total. The van der Waals surface area contributed by atoms with Crippen LogP contribution in [0.4, 0.5) is 10.1 Å². The first-order valence-electron chi connectivity index (χ1n) is 13.1. The van der Waals surface area contributed by atoms with Crippen molar-refractivity contribution in [2.24, 2.45) is 0 Å². The van der Waals surface area contributed by atoms with Crippen LogP contribution in [0.3, 0.4) is 0 Å². The van der Waals surface area contributed by atoms with Gasteiger partial charge in [-0.2, -0.15) is 12.7 Å². The van der Waals surface area contributed by atoms with Crippen LogP contribution >= 0.6 is 0 Å². The first-order chi connectivity index (χ1) is 19.0. The third kappa shape index (κ3) is 8.12. The molecule has 8 nitrogen and oxygen atoms in total. The van der Waals surface area contributed by atoms with Crippen molar-refractivity contribution >= 4 is 27.7 Å². The summed E-state index contributed by atoms with van der Waals surface area (Å²) in [5.74, 6) is -1.42. The van der Waals surface area contributed by atoms with Crippen LogP contribution in [0.15, 0.2) is 78.9 Å². The Bertz CT molecular complexity index is 1380. The zero-order valence-electron chi connectivity index (χ0n) is 23.4. The Balaban J connectivity index is 2.07. The molecule has 0 radical (unpaired) electrons. The van der Waals surface area contributed by atoms with Gasteiger partial charge in [0.05, 0.1) is 5.69 Å². The van der Waals surface area contributed by atoms with Crippen molar-refractivity contribution in [3.8, 4) is 0 Å². The monoisotopic (exact) mass is 568 g/mol. The average Bonchev–Trinajstić information content (AvgIpc) is 2.93. The minimum absolute atomic E-state index is 0.0941. The van der Waals surface area contributed by atoms with E-state index in [2.05, 4.69) is 5.32 Å². The molecule has 1 atom stereocenters. The molecule has 40 heavy (non-hydrogen) atoms. The molecule has 0 aliphatic rings. The second-order valence-electron chi connectivity index (χ2n) is 9.78. The van der Waals surface area contributed by atoms with Crippen LogP contribution in [-0.4, -0.2) is 62.7 Å². The predicted octanol–water partition coefficient (Wildman–Crippen LogP) is 3.91. The van der Waals surface area contributed by atoms with Gasteiger partial charge in [0.25, 0.3) is 0 Å². The van der Waals surface area contributed by atoms with Crippen LogP contribution in [0.5, 0.6) is 0 Å². The number of benzene rings is 3. The van der Waals surface area contributed by atoms with E-state index in [-0.39, 0.29) is 24.6 Å². The van der Waals surface area contributed by atoms with Gasteiger partial charge in [0.1, 0.15) is 18.4 Å². The van der Waals surface area contributed by atoms with Gasteiger partial charge in [0, 0.05) is 33.6 Å². The van der Waals surface area contributed by atoms with E-state index in [1.54, 1.807) is 0 Å². The van der Waals surface area contributed by atoms with Crippen molar-refractivity contribution in [1.82, 2.24) is 14.5 Å². The number of hydrogen-bond donors (Lipinski definition) is 1. The fourth-order valence-electron chi connectivity index (χ4n) is 4.25. The van der Waals surface area contributed by atoms with Crippen molar-refractivity contribution in [2.75, 3.05) is 31.5 Å². The summed E-state index contributed by atoms with van der Waals surface area (Å²) in [5.41, 5.74) is 2.79. The number of amides is 2. The molecule has 3 aromatic carbocycles. The normalized spacial score (nSPS) is 12.2. The number of carbonyl (C=O) groups is 2. The molecule has 214 valence electrons. The van der Waals surface area contributed by atoms with Gasteiger partial charge in [0.2, 0.25) is 11.8 Å². The Morgan fingerprint density at radius 2 is 1.57 bits per heavy atom. The smallest absolute Gasteiger partial charge is 0.304 e. The van der Waals surface area contributed by atoms with Crippen molar-refractivity contribution in [3.05, 3.63) is 101 Å². The summed E-state index contributed by atoms with van der Waals surface area (Å²) >= 11 is 0.